The molecule has 1 aromatic rings. The number of hydrogen-bond acceptors (Lipinski definition) is 2. The monoisotopic (exact) mass is 253 g/mol. The zero-order valence-electron chi connectivity index (χ0n) is 10.6. The van der Waals surface area contributed by atoms with Gasteiger partial charge in [-0.3, -0.25) is 0 Å². The van der Waals surface area contributed by atoms with Gasteiger partial charge in [-0.1, -0.05) is 37.6 Å². The van der Waals surface area contributed by atoms with Crippen LogP contribution in [-0.2, 0) is 0 Å². The van der Waals surface area contributed by atoms with Gasteiger partial charge in [-0.2, -0.15) is 0 Å². The van der Waals surface area contributed by atoms with E-state index in [1.165, 1.54) is 5.56 Å². The summed E-state index contributed by atoms with van der Waals surface area (Å²) in [6.07, 6.45) is 0.643. The smallest absolute Gasteiger partial charge is 0.0621 e. The Balaban J connectivity index is 2.01. The van der Waals surface area contributed by atoms with Crippen LogP contribution in [-0.4, -0.2) is 17.3 Å². The lowest BCUT2D eigenvalue weighted by Crippen LogP contribution is -2.60. The predicted octanol–water partition coefficient (Wildman–Crippen LogP) is 3.15. The molecular formula is C14H20ClNO. The van der Waals surface area contributed by atoms with E-state index in [9.17, 15) is 5.11 Å². The lowest BCUT2D eigenvalue weighted by molar-refractivity contribution is -0.0754. The number of rotatable bonds is 3. The molecule has 2 nitrogen and oxygen atoms in total. The maximum Gasteiger partial charge on any atom is 0.0621 e. The molecule has 3 atom stereocenters. The third-order valence-corrected chi connectivity index (χ3v) is 4.25. The molecule has 0 bridgehead atoms. The molecule has 1 aliphatic carbocycles. The summed E-state index contributed by atoms with van der Waals surface area (Å²) in [5.41, 5.74) is 1.15. The Labute approximate surface area is 108 Å². The maximum atomic E-state index is 9.71. The highest BCUT2D eigenvalue weighted by Crippen LogP contribution is 2.41. The molecule has 0 amide bonds. The molecule has 0 heterocycles. The summed E-state index contributed by atoms with van der Waals surface area (Å²) in [4.78, 5) is 0. The first kappa shape index (κ1) is 12.9. The third-order valence-electron chi connectivity index (χ3n) is 4.02. The van der Waals surface area contributed by atoms with Crippen LogP contribution in [0.3, 0.4) is 0 Å². The van der Waals surface area contributed by atoms with Crippen molar-refractivity contribution in [3.05, 3.63) is 34.9 Å². The van der Waals surface area contributed by atoms with Gasteiger partial charge in [0.05, 0.1) is 6.10 Å². The van der Waals surface area contributed by atoms with E-state index in [0.29, 0.717) is 6.04 Å². The van der Waals surface area contributed by atoms with Gasteiger partial charge in [0.25, 0.3) is 0 Å². The summed E-state index contributed by atoms with van der Waals surface area (Å²) >= 11 is 5.98. The van der Waals surface area contributed by atoms with Crippen molar-refractivity contribution in [2.45, 2.75) is 45.4 Å². The molecule has 94 valence electrons. The summed E-state index contributed by atoms with van der Waals surface area (Å²) in [5, 5.41) is 14.0. The van der Waals surface area contributed by atoms with Crippen LogP contribution < -0.4 is 5.32 Å². The minimum Gasteiger partial charge on any atom is -0.392 e. The van der Waals surface area contributed by atoms with Gasteiger partial charge in [0, 0.05) is 22.5 Å². The van der Waals surface area contributed by atoms with Crippen molar-refractivity contribution in [1.82, 2.24) is 5.32 Å². The molecule has 0 spiro atoms. The summed E-state index contributed by atoms with van der Waals surface area (Å²) in [5.74, 6) is 0. The Kier molecular flexibility index (Phi) is 3.48. The van der Waals surface area contributed by atoms with Crippen molar-refractivity contribution in [2.24, 2.45) is 5.41 Å². The van der Waals surface area contributed by atoms with E-state index in [1.54, 1.807) is 0 Å². The van der Waals surface area contributed by atoms with Crippen molar-refractivity contribution in [2.75, 3.05) is 0 Å². The van der Waals surface area contributed by atoms with Crippen LogP contribution in [0.15, 0.2) is 24.3 Å². The first-order valence-electron chi connectivity index (χ1n) is 6.11. The minimum absolute atomic E-state index is 0.0349. The lowest BCUT2D eigenvalue weighted by atomic mass is 9.64. The topological polar surface area (TPSA) is 32.3 Å². The lowest BCUT2D eigenvalue weighted by Gasteiger charge is -2.50. The molecule has 0 radical (unpaired) electrons. The number of hydrogen-bond donors (Lipinski definition) is 2. The van der Waals surface area contributed by atoms with Crippen LogP contribution in [0.1, 0.15) is 38.8 Å². The van der Waals surface area contributed by atoms with E-state index >= 15 is 0 Å². The summed E-state index contributed by atoms with van der Waals surface area (Å²) in [6, 6.07) is 8.54. The molecule has 1 aliphatic rings. The van der Waals surface area contributed by atoms with Crippen LogP contribution >= 0.6 is 11.6 Å². The molecule has 1 aromatic carbocycles. The minimum atomic E-state index is -0.188. The number of aliphatic hydroxyl groups is 1. The molecule has 17 heavy (non-hydrogen) atoms. The van der Waals surface area contributed by atoms with Crippen molar-refractivity contribution >= 4 is 11.6 Å². The van der Waals surface area contributed by atoms with Crippen molar-refractivity contribution < 1.29 is 5.11 Å². The summed E-state index contributed by atoms with van der Waals surface area (Å²) < 4.78 is 0. The van der Waals surface area contributed by atoms with Crippen molar-refractivity contribution in [3.63, 3.8) is 0 Å². The molecule has 0 saturated heterocycles. The van der Waals surface area contributed by atoms with Gasteiger partial charge in [0.15, 0.2) is 0 Å². The van der Waals surface area contributed by atoms with Crippen LogP contribution in [0, 0.1) is 5.41 Å². The molecule has 0 aliphatic heterocycles. The van der Waals surface area contributed by atoms with Gasteiger partial charge in [0.2, 0.25) is 0 Å². The molecule has 0 aromatic heterocycles. The second kappa shape index (κ2) is 4.60. The molecule has 3 heteroatoms. The van der Waals surface area contributed by atoms with Gasteiger partial charge in [-0.15, -0.1) is 0 Å². The first-order valence-corrected chi connectivity index (χ1v) is 6.48. The van der Waals surface area contributed by atoms with Crippen molar-refractivity contribution in [3.8, 4) is 0 Å². The number of halogens is 1. The third kappa shape index (κ3) is 2.49. The Hall–Kier alpha value is -0.570. The second-order valence-electron chi connectivity index (χ2n) is 5.57. The van der Waals surface area contributed by atoms with Crippen LogP contribution in [0.4, 0.5) is 0 Å². The number of aliphatic hydroxyl groups excluding tert-OH is 1. The quantitative estimate of drug-likeness (QED) is 0.867. The first-order chi connectivity index (χ1) is 7.91. The average Bonchev–Trinajstić information content (AvgIpc) is 2.28. The second-order valence-corrected chi connectivity index (χ2v) is 6.01. The zero-order valence-corrected chi connectivity index (χ0v) is 11.3. The zero-order chi connectivity index (χ0) is 12.6. The Bertz CT molecular complexity index is 405. The van der Waals surface area contributed by atoms with E-state index in [2.05, 4.69) is 32.2 Å². The van der Waals surface area contributed by atoms with Gasteiger partial charge in [-0.25, -0.2) is 0 Å². The van der Waals surface area contributed by atoms with Crippen LogP contribution in [0.2, 0.25) is 5.02 Å². The fraction of sp³-hybridized carbons (Fsp3) is 0.571. The summed E-state index contributed by atoms with van der Waals surface area (Å²) in [6.45, 7) is 6.33. The molecule has 2 rings (SSSR count). The fourth-order valence-electron chi connectivity index (χ4n) is 2.36. The molecule has 1 saturated carbocycles. The van der Waals surface area contributed by atoms with E-state index in [1.807, 2.05) is 18.2 Å². The Morgan fingerprint density at radius 1 is 1.47 bits per heavy atom. The molecular weight excluding hydrogens is 234 g/mol. The Morgan fingerprint density at radius 2 is 2.18 bits per heavy atom. The summed E-state index contributed by atoms with van der Waals surface area (Å²) in [7, 11) is 0. The maximum absolute atomic E-state index is 9.71. The van der Waals surface area contributed by atoms with E-state index in [4.69, 9.17) is 11.6 Å². The highest BCUT2D eigenvalue weighted by molar-refractivity contribution is 6.30. The van der Waals surface area contributed by atoms with Crippen LogP contribution in [0.25, 0.3) is 0 Å². The average molecular weight is 254 g/mol. The normalized spacial score (nSPS) is 28.5. The highest BCUT2D eigenvalue weighted by Gasteiger charge is 2.47. The predicted molar refractivity (Wildman–Crippen MR) is 71.2 cm³/mol. The number of nitrogens with one attached hydrogen (secondary N) is 1. The van der Waals surface area contributed by atoms with Crippen LogP contribution in [0.5, 0.6) is 0 Å². The largest absolute Gasteiger partial charge is 0.392 e. The Morgan fingerprint density at radius 3 is 2.71 bits per heavy atom. The van der Waals surface area contributed by atoms with Gasteiger partial charge in [0.1, 0.15) is 0 Å². The number of benzene rings is 1. The van der Waals surface area contributed by atoms with Gasteiger partial charge in [-0.05, 0) is 31.0 Å². The van der Waals surface area contributed by atoms with E-state index < -0.39 is 0 Å². The van der Waals surface area contributed by atoms with Crippen molar-refractivity contribution in [1.29, 1.82) is 0 Å². The SMILES string of the molecule is CC(NC1CC(O)C1(C)C)c1cccc(Cl)c1. The fourth-order valence-corrected chi connectivity index (χ4v) is 2.56. The highest BCUT2D eigenvalue weighted by atomic mass is 35.5. The van der Waals surface area contributed by atoms with E-state index in [-0.39, 0.29) is 17.6 Å². The molecule has 1 fully saturated rings. The van der Waals surface area contributed by atoms with Gasteiger partial charge >= 0.3 is 0 Å². The van der Waals surface area contributed by atoms with E-state index in [0.717, 1.165) is 11.4 Å². The molecule has 2 N–H and O–H groups in total. The standard InChI is InChI=1S/C14H20ClNO/c1-9(10-5-4-6-11(15)7-10)16-12-8-13(17)14(12,2)3/h4-7,9,12-13,16-17H,8H2,1-3H3. The molecule has 3 unspecified atom stereocenters. The van der Waals surface area contributed by atoms with Gasteiger partial charge < -0.3 is 10.4 Å².